The molecule has 1 aromatic heterocycles. The zero-order valence-corrected chi connectivity index (χ0v) is 19.0. The van der Waals surface area contributed by atoms with Gasteiger partial charge in [0.2, 0.25) is 11.8 Å². The molecular weight excluding hydrogens is 470 g/mol. The summed E-state index contributed by atoms with van der Waals surface area (Å²) in [5.74, 6) is 0.226. The standard InChI is InChI=1S/C20H24BrN5O3S/c1-25-11-14(10-22-25)20(29)24-16-5-7-26(8-6-16)19(28)13-30-12-18(27)23-17-4-2-3-15(21)9-17/h2-4,9-11,16H,5-8,12-13H2,1H3,(H,23,27)(H,24,29). The van der Waals surface area contributed by atoms with Crippen LogP contribution < -0.4 is 10.6 Å². The van der Waals surface area contributed by atoms with Gasteiger partial charge < -0.3 is 15.5 Å². The molecule has 2 N–H and O–H groups in total. The van der Waals surface area contributed by atoms with E-state index in [-0.39, 0.29) is 35.3 Å². The molecule has 0 unspecified atom stereocenters. The minimum atomic E-state index is -0.139. The van der Waals surface area contributed by atoms with Crippen LogP contribution in [0.4, 0.5) is 5.69 Å². The summed E-state index contributed by atoms with van der Waals surface area (Å²) in [6.07, 6.45) is 4.65. The maximum Gasteiger partial charge on any atom is 0.254 e. The van der Waals surface area contributed by atoms with E-state index in [1.54, 1.807) is 22.8 Å². The predicted molar refractivity (Wildman–Crippen MR) is 120 cm³/mol. The summed E-state index contributed by atoms with van der Waals surface area (Å²) in [5.41, 5.74) is 1.25. The van der Waals surface area contributed by atoms with Gasteiger partial charge in [-0.3, -0.25) is 19.1 Å². The zero-order chi connectivity index (χ0) is 21.5. The number of hydrogen-bond acceptors (Lipinski definition) is 5. The van der Waals surface area contributed by atoms with Crippen molar-refractivity contribution >= 4 is 51.1 Å². The van der Waals surface area contributed by atoms with Crippen molar-refractivity contribution in [2.75, 3.05) is 29.9 Å². The summed E-state index contributed by atoms with van der Waals surface area (Å²) >= 11 is 4.67. The lowest BCUT2D eigenvalue weighted by molar-refractivity contribution is -0.129. The zero-order valence-electron chi connectivity index (χ0n) is 16.6. The highest BCUT2D eigenvalue weighted by atomic mass is 79.9. The van der Waals surface area contributed by atoms with E-state index in [0.29, 0.717) is 31.5 Å². The molecule has 1 saturated heterocycles. The van der Waals surface area contributed by atoms with Crippen molar-refractivity contribution in [3.05, 3.63) is 46.7 Å². The van der Waals surface area contributed by atoms with E-state index in [4.69, 9.17) is 0 Å². The van der Waals surface area contributed by atoms with E-state index in [9.17, 15) is 14.4 Å². The van der Waals surface area contributed by atoms with E-state index >= 15 is 0 Å². The fourth-order valence-corrected chi connectivity index (χ4v) is 4.28. The minimum absolute atomic E-state index is 0.0206. The molecule has 0 bridgehead atoms. The maximum absolute atomic E-state index is 12.4. The summed E-state index contributed by atoms with van der Waals surface area (Å²) in [5, 5.41) is 9.82. The molecule has 0 spiro atoms. The Morgan fingerprint density at radius 1 is 1.23 bits per heavy atom. The Hall–Kier alpha value is -2.33. The Labute approximate surface area is 187 Å². The topological polar surface area (TPSA) is 96.3 Å². The molecule has 1 aliphatic rings. The van der Waals surface area contributed by atoms with Crippen LogP contribution in [0.25, 0.3) is 0 Å². The molecule has 8 nitrogen and oxygen atoms in total. The smallest absolute Gasteiger partial charge is 0.254 e. The van der Waals surface area contributed by atoms with Gasteiger partial charge in [0, 0.05) is 42.5 Å². The molecule has 1 aromatic carbocycles. The first kappa shape index (κ1) is 22.4. The van der Waals surface area contributed by atoms with E-state index in [1.165, 1.54) is 18.0 Å². The Balaban J connectivity index is 1.34. The molecule has 0 atom stereocenters. The third-order valence-corrected chi connectivity index (χ3v) is 6.13. The summed E-state index contributed by atoms with van der Waals surface area (Å²) in [7, 11) is 1.77. The number of anilines is 1. The van der Waals surface area contributed by atoms with Crippen molar-refractivity contribution in [3.8, 4) is 0 Å². The number of halogens is 1. The minimum Gasteiger partial charge on any atom is -0.349 e. The number of nitrogens with zero attached hydrogens (tertiary/aromatic N) is 3. The van der Waals surface area contributed by atoms with Gasteiger partial charge in [-0.2, -0.15) is 5.10 Å². The Morgan fingerprint density at radius 2 is 2.00 bits per heavy atom. The highest BCUT2D eigenvalue weighted by Gasteiger charge is 2.24. The number of carbonyl (C=O) groups is 3. The molecule has 3 amide bonds. The number of carbonyl (C=O) groups excluding carboxylic acids is 3. The molecular formula is C20H24BrN5O3S. The van der Waals surface area contributed by atoms with Crippen LogP contribution in [0, 0.1) is 0 Å². The monoisotopic (exact) mass is 493 g/mol. The van der Waals surface area contributed by atoms with Gasteiger partial charge >= 0.3 is 0 Å². The van der Waals surface area contributed by atoms with Crippen LogP contribution in [0.5, 0.6) is 0 Å². The second-order valence-electron chi connectivity index (χ2n) is 7.08. The number of benzene rings is 1. The number of nitrogens with one attached hydrogen (secondary N) is 2. The van der Waals surface area contributed by atoms with E-state index < -0.39 is 0 Å². The van der Waals surface area contributed by atoms with Gasteiger partial charge in [-0.1, -0.05) is 22.0 Å². The highest BCUT2D eigenvalue weighted by Crippen LogP contribution is 2.17. The van der Waals surface area contributed by atoms with Crippen LogP contribution in [-0.4, -0.2) is 63.0 Å². The predicted octanol–water partition coefficient (Wildman–Crippen LogP) is 2.28. The highest BCUT2D eigenvalue weighted by molar-refractivity contribution is 9.10. The molecule has 1 aliphatic heterocycles. The second kappa shape index (κ2) is 10.6. The molecule has 1 fully saturated rings. The SMILES string of the molecule is Cn1cc(C(=O)NC2CCN(C(=O)CSCC(=O)Nc3cccc(Br)c3)CC2)cn1. The lowest BCUT2D eigenvalue weighted by Gasteiger charge is -2.32. The van der Waals surface area contributed by atoms with E-state index in [0.717, 1.165) is 10.2 Å². The first-order valence-electron chi connectivity index (χ1n) is 9.61. The van der Waals surface area contributed by atoms with Crippen molar-refractivity contribution in [3.63, 3.8) is 0 Å². The maximum atomic E-state index is 12.4. The lowest BCUT2D eigenvalue weighted by Crippen LogP contribution is -2.47. The first-order chi connectivity index (χ1) is 14.4. The van der Waals surface area contributed by atoms with E-state index in [2.05, 4.69) is 31.7 Å². The number of aromatic nitrogens is 2. The van der Waals surface area contributed by atoms with Crippen molar-refractivity contribution in [1.82, 2.24) is 20.0 Å². The summed E-state index contributed by atoms with van der Waals surface area (Å²) < 4.78 is 2.48. The summed E-state index contributed by atoms with van der Waals surface area (Å²) in [6, 6.07) is 7.42. The van der Waals surface area contributed by atoms with Crippen LogP contribution in [0.3, 0.4) is 0 Å². The van der Waals surface area contributed by atoms with Crippen molar-refractivity contribution < 1.29 is 14.4 Å². The number of aryl methyl sites for hydroxylation is 1. The van der Waals surface area contributed by atoms with Crippen LogP contribution in [0.1, 0.15) is 23.2 Å². The molecule has 3 rings (SSSR count). The quantitative estimate of drug-likeness (QED) is 0.616. The largest absolute Gasteiger partial charge is 0.349 e. The molecule has 2 aromatic rings. The molecule has 2 heterocycles. The Morgan fingerprint density at radius 3 is 2.67 bits per heavy atom. The van der Waals surface area contributed by atoms with Gasteiger partial charge in [0.25, 0.3) is 5.91 Å². The van der Waals surface area contributed by atoms with Crippen LogP contribution in [-0.2, 0) is 16.6 Å². The van der Waals surface area contributed by atoms with Gasteiger partial charge in [0.1, 0.15) is 0 Å². The van der Waals surface area contributed by atoms with Gasteiger partial charge in [-0.05, 0) is 31.0 Å². The average Bonchev–Trinajstić information content (AvgIpc) is 3.15. The van der Waals surface area contributed by atoms with Crippen molar-refractivity contribution in [2.45, 2.75) is 18.9 Å². The molecule has 0 radical (unpaired) electrons. The Bertz CT molecular complexity index is 911. The Kier molecular flexibility index (Phi) is 7.92. The normalized spacial score (nSPS) is 14.4. The lowest BCUT2D eigenvalue weighted by atomic mass is 10.0. The second-order valence-corrected chi connectivity index (χ2v) is 8.98. The van der Waals surface area contributed by atoms with Gasteiger partial charge in [0.05, 0.1) is 23.3 Å². The summed E-state index contributed by atoms with van der Waals surface area (Å²) in [4.78, 5) is 38.4. The number of thioether (sulfide) groups is 1. The molecule has 30 heavy (non-hydrogen) atoms. The molecule has 10 heteroatoms. The molecule has 160 valence electrons. The molecule has 0 aliphatic carbocycles. The number of rotatable bonds is 7. The number of piperidine rings is 1. The van der Waals surface area contributed by atoms with Crippen LogP contribution >= 0.6 is 27.7 Å². The van der Waals surface area contributed by atoms with Crippen molar-refractivity contribution in [1.29, 1.82) is 0 Å². The first-order valence-corrected chi connectivity index (χ1v) is 11.6. The van der Waals surface area contributed by atoms with Gasteiger partial charge in [0.15, 0.2) is 0 Å². The summed E-state index contributed by atoms with van der Waals surface area (Å²) in [6.45, 7) is 1.20. The van der Waals surface area contributed by atoms with Gasteiger partial charge in [-0.15, -0.1) is 11.8 Å². The average molecular weight is 494 g/mol. The van der Waals surface area contributed by atoms with E-state index in [1.807, 2.05) is 24.3 Å². The van der Waals surface area contributed by atoms with Crippen LogP contribution in [0.2, 0.25) is 0 Å². The van der Waals surface area contributed by atoms with Crippen molar-refractivity contribution in [2.24, 2.45) is 7.05 Å². The number of likely N-dealkylation sites (tertiary alicyclic amines) is 1. The number of amides is 3. The third kappa shape index (κ3) is 6.60. The van der Waals surface area contributed by atoms with Crippen LogP contribution in [0.15, 0.2) is 41.1 Å². The number of hydrogen-bond donors (Lipinski definition) is 2. The fourth-order valence-electron chi connectivity index (χ4n) is 3.17. The third-order valence-electron chi connectivity index (χ3n) is 4.72. The van der Waals surface area contributed by atoms with Gasteiger partial charge in [-0.25, -0.2) is 0 Å². The molecule has 0 saturated carbocycles. The fraction of sp³-hybridized carbons (Fsp3) is 0.400.